The van der Waals surface area contributed by atoms with Crippen LogP contribution in [0.4, 0.5) is 0 Å². The minimum absolute atomic E-state index is 0.244. The summed E-state index contributed by atoms with van der Waals surface area (Å²) in [5, 5.41) is 6.62. The van der Waals surface area contributed by atoms with Crippen LogP contribution in [-0.2, 0) is 12.0 Å². The lowest BCUT2D eigenvalue weighted by atomic mass is 9.88. The van der Waals surface area contributed by atoms with Crippen molar-refractivity contribution in [2.45, 2.75) is 43.6 Å². The van der Waals surface area contributed by atoms with Crippen molar-refractivity contribution in [1.82, 2.24) is 24.5 Å². The number of nitrogens with zero attached hydrogens (tertiary/aromatic N) is 5. The molecule has 2 fully saturated rings. The summed E-state index contributed by atoms with van der Waals surface area (Å²) in [5.41, 5.74) is 9.38. The van der Waals surface area contributed by atoms with E-state index in [9.17, 15) is 0 Å². The molecule has 7 nitrogen and oxygen atoms in total. The zero-order valence-electron chi connectivity index (χ0n) is 21.6. The van der Waals surface area contributed by atoms with Gasteiger partial charge in [0.1, 0.15) is 6.61 Å². The van der Waals surface area contributed by atoms with Crippen LogP contribution in [0.3, 0.4) is 0 Å². The lowest BCUT2D eigenvalue weighted by molar-refractivity contribution is 0.285. The van der Waals surface area contributed by atoms with Crippen LogP contribution in [0.25, 0.3) is 33.3 Å². The van der Waals surface area contributed by atoms with Crippen molar-refractivity contribution in [2.24, 2.45) is 0 Å². The van der Waals surface area contributed by atoms with E-state index in [0.717, 1.165) is 75.3 Å². The largest absolute Gasteiger partial charge is 0.472 e. The Hall–Kier alpha value is -2.81. The molecule has 3 heterocycles. The maximum absolute atomic E-state index is 7.04. The fourth-order valence-electron chi connectivity index (χ4n) is 6.25. The number of rotatable bonds is 7. The van der Waals surface area contributed by atoms with Gasteiger partial charge >= 0.3 is 6.01 Å². The predicted molar refractivity (Wildman–Crippen MR) is 166 cm³/mol. The van der Waals surface area contributed by atoms with Crippen molar-refractivity contribution >= 4 is 50.9 Å². The molecule has 40 heavy (non-hydrogen) atoms. The molecule has 1 spiro atoms. The average molecular weight is 680 g/mol. The van der Waals surface area contributed by atoms with Crippen molar-refractivity contribution < 1.29 is 9.47 Å². The van der Waals surface area contributed by atoms with Gasteiger partial charge in [-0.3, -0.25) is 4.98 Å². The fraction of sp³-hybridized carbons (Fsp3) is 0.267. The topological polar surface area (TPSA) is 75.0 Å². The Morgan fingerprint density at radius 1 is 1.12 bits per heavy atom. The summed E-state index contributed by atoms with van der Waals surface area (Å²) < 4.78 is 14.0. The third-order valence-corrected chi connectivity index (χ3v) is 10.5. The molecule has 1 atom stereocenters. The molecule has 200 valence electrons. The third kappa shape index (κ3) is 3.72. The van der Waals surface area contributed by atoms with E-state index in [4.69, 9.17) is 41.1 Å². The first kappa shape index (κ1) is 24.9. The van der Waals surface area contributed by atoms with Crippen LogP contribution < -0.4 is 9.47 Å². The van der Waals surface area contributed by atoms with Crippen LogP contribution >= 0.6 is 40.0 Å². The zero-order valence-corrected chi connectivity index (χ0v) is 25.5. The number of ether oxygens (including phenoxy) is 2. The van der Waals surface area contributed by atoms with E-state index in [-0.39, 0.29) is 5.41 Å². The summed E-state index contributed by atoms with van der Waals surface area (Å²) >= 11 is 9.41. The number of aromatic nitrogens is 5. The van der Waals surface area contributed by atoms with Gasteiger partial charge in [-0.1, -0.05) is 41.9 Å². The van der Waals surface area contributed by atoms with E-state index in [2.05, 4.69) is 46.3 Å². The van der Waals surface area contributed by atoms with Crippen LogP contribution in [0.5, 0.6) is 11.9 Å². The molecular weight excluding hydrogens is 656 g/mol. The molecule has 10 heteroatoms. The lowest BCUT2D eigenvalue weighted by Crippen LogP contribution is -2.11. The van der Waals surface area contributed by atoms with Crippen LogP contribution in [-0.4, -0.2) is 31.6 Å². The molecule has 5 aromatic rings. The van der Waals surface area contributed by atoms with Gasteiger partial charge in [-0.05, 0) is 88.0 Å². The number of halogens is 2. The van der Waals surface area contributed by atoms with Gasteiger partial charge in [0.25, 0.3) is 0 Å². The number of fused-ring (bicyclic) bond motifs is 6. The van der Waals surface area contributed by atoms with Gasteiger partial charge in [-0.15, -0.1) is 0 Å². The second-order valence-corrected chi connectivity index (χ2v) is 13.1. The Balaban J connectivity index is 1.36. The molecule has 2 saturated carbocycles. The van der Waals surface area contributed by atoms with E-state index >= 15 is 0 Å². The Kier molecular flexibility index (Phi) is 5.84. The van der Waals surface area contributed by atoms with Gasteiger partial charge in [0.15, 0.2) is 0 Å². The van der Waals surface area contributed by atoms with E-state index < -0.39 is 0 Å². The third-order valence-electron chi connectivity index (χ3n) is 8.33. The van der Waals surface area contributed by atoms with Gasteiger partial charge < -0.3 is 9.47 Å². The maximum atomic E-state index is 7.04. The lowest BCUT2D eigenvalue weighted by Gasteiger charge is -2.19. The standard InChI is InChI=1S/C30H24ClIN5O2P/c1-38-29-35-27-24(28(36-29)39-15-16-5-3-2-4-6-16)18-9-12-33-26(25(18)30(27)10-11-30)23-19-14-34-37(40-32)21(19)13-20(31)22(23)17-7-8-17/h2-6,9,12-14,17,40H,7-8,10-11,15H2,1H3. The Morgan fingerprint density at radius 3 is 2.67 bits per heavy atom. The van der Waals surface area contributed by atoms with Crippen molar-refractivity contribution in [2.75, 3.05) is 7.11 Å². The van der Waals surface area contributed by atoms with E-state index in [1.807, 2.05) is 35.0 Å². The van der Waals surface area contributed by atoms with Gasteiger partial charge in [0, 0.05) is 27.6 Å². The molecular formula is C30H24ClIN5O2P. The highest BCUT2D eigenvalue weighted by atomic mass is 127. The SMILES string of the molecule is COc1nc(OCc2ccccc2)c2c(n1)C1(CC1)c1c-2ccnc1-c1c(C2CC2)c(Cl)cc2c1cnn2PI. The Morgan fingerprint density at radius 2 is 1.95 bits per heavy atom. The highest BCUT2D eigenvalue weighted by molar-refractivity contribution is 14.2. The normalized spacial score (nSPS) is 16.6. The number of benzene rings is 2. The summed E-state index contributed by atoms with van der Waals surface area (Å²) in [6.45, 7) is 0.407. The zero-order chi connectivity index (χ0) is 27.0. The molecule has 3 aliphatic carbocycles. The molecule has 0 N–H and O–H groups in total. The Bertz CT molecular complexity index is 1820. The first-order valence-corrected chi connectivity index (χ1v) is 17.8. The molecule has 3 aliphatic rings. The minimum Gasteiger partial charge on any atom is -0.472 e. The summed E-state index contributed by atoms with van der Waals surface area (Å²) in [6, 6.07) is 14.6. The number of hydrogen-bond acceptors (Lipinski definition) is 6. The monoisotopic (exact) mass is 679 g/mol. The molecule has 0 saturated heterocycles. The van der Waals surface area contributed by atoms with Crippen LogP contribution in [0.1, 0.15) is 54.0 Å². The molecule has 2 aromatic carbocycles. The summed E-state index contributed by atoms with van der Waals surface area (Å²) in [5.74, 6) is 0.990. The van der Waals surface area contributed by atoms with Crippen molar-refractivity contribution in [3.05, 3.63) is 82.3 Å². The first-order chi connectivity index (χ1) is 19.6. The van der Waals surface area contributed by atoms with E-state index in [1.54, 1.807) is 7.11 Å². The highest BCUT2D eigenvalue weighted by Gasteiger charge is 2.57. The van der Waals surface area contributed by atoms with Gasteiger partial charge in [-0.2, -0.15) is 15.1 Å². The molecule has 0 aliphatic heterocycles. The summed E-state index contributed by atoms with van der Waals surface area (Å²) in [4.78, 5) is 14.7. The fourth-order valence-corrected chi connectivity index (χ4v) is 8.13. The average Bonchev–Trinajstić information content (AvgIpc) is 3.91. The molecule has 0 bridgehead atoms. The molecule has 3 aromatic heterocycles. The number of methoxy groups -OCH3 is 1. The molecule has 0 amide bonds. The molecule has 1 unspecified atom stereocenters. The van der Waals surface area contributed by atoms with E-state index in [0.29, 0.717) is 30.8 Å². The van der Waals surface area contributed by atoms with Crippen LogP contribution in [0.15, 0.2) is 54.9 Å². The molecule has 0 radical (unpaired) electrons. The first-order valence-electron chi connectivity index (χ1n) is 13.3. The second-order valence-electron chi connectivity index (χ2n) is 10.7. The quantitative estimate of drug-likeness (QED) is 0.129. The minimum atomic E-state index is -0.244. The maximum Gasteiger partial charge on any atom is 0.319 e. The summed E-state index contributed by atoms with van der Waals surface area (Å²) in [7, 11) is 1.60. The van der Waals surface area contributed by atoms with Gasteiger partial charge in [0.2, 0.25) is 5.88 Å². The number of hydrogen-bond donors (Lipinski definition) is 0. The highest BCUT2D eigenvalue weighted by Crippen LogP contribution is 2.66. The predicted octanol–water partition coefficient (Wildman–Crippen LogP) is 7.86. The van der Waals surface area contributed by atoms with Crippen LogP contribution in [0, 0.1) is 0 Å². The number of pyridine rings is 1. The van der Waals surface area contributed by atoms with Crippen molar-refractivity contribution in [1.29, 1.82) is 0 Å². The van der Waals surface area contributed by atoms with Gasteiger partial charge in [-0.25, -0.2) is 4.45 Å². The van der Waals surface area contributed by atoms with E-state index in [1.165, 1.54) is 11.1 Å². The summed E-state index contributed by atoms with van der Waals surface area (Å²) in [6.07, 6.45) is 8.62. The van der Waals surface area contributed by atoms with Crippen molar-refractivity contribution in [3.63, 3.8) is 0 Å². The second kappa shape index (κ2) is 9.36. The van der Waals surface area contributed by atoms with Crippen molar-refractivity contribution in [3.8, 4) is 34.3 Å². The van der Waals surface area contributed by atoms with Gasteiger partial charge in [0.05, 0.1) is 42.1 Å². The smallest absolute Gasteiger partial charge is 0.319 e. The Labute approximate surface area is 251 Å². The van der Waals surface area contributed by atoms with Crippen LogP contribution in [0.2, 0.25) is 5.02 Å². The molecule has 8 rings (SSSR count).